The number of carbonyl (C=O) groups excluding carboxylic acids is 1. The van der Waals surface area contributed by atoms with Gasteiger partial charge in [-0.2, -0.15) is 0 Å². The fraction of sp³-hybridized carbons (Fsp3) is 0.950. The number of aliphatic hydroxyl groups excluding tert-OH is 1. The Kier molecular flexibility index (Phi) is 7.56. The molecule has 3 aliphatic rings. The Morgan fingerprint density at radius 1 is 1.00 bits per heavy atom. The summed E-state index contributed by atoms with van der Waals surface area (Å²) in [5.41, 5.74) is 6.14. The molecule has 168 valence electrons. The van der Waals surface area contributed by atoms with Gasteiger partial charge in [-0.05, 0) is 70.1 Å². The van der Waals surface area contributed by atoms with Gasteiger partial charge in [-0.15, -0.1) is 0 Å². The van der Waals surface area contributed by atoms with Gasteiger partial charge in [0, 0.05) is 24.0 Å². The van der Waals surface area contributed by atoms with E-state index in [4.69, 9.17) is 5.73 Å². The highest BCUT2D eigenvalue weighted by Crippen LogP contribution is 2.31. The van der Waals surface area contributed by atoms with Crippen LogP contribution in [-0.4, -0.2) is 55.1 Å². The van der Waals surface area contributed by atoms with Gasteiger partial charge in [-0.3, -0.25) is 4.79 Å². The Morgan fingerprint density at radius 2 is 1.66 bits per heavy atom. The summed E-state index contributed by atoms with van der Waals surface area (Å²) < 4.78 is 42.4. The Hall–Kier alpha value is -0.770. The summed E-state index contributed by atoms with van der Waals surface area (Å²) >= 11 is 0. The quantitative estimate of drug-likeness (QED) is 0.521. The van der Waals surface area contributed by atoms with Gasteiger partial charge < -0.3 is 16.2 Å². The molecule has 0 saturated heterocycles. The lowest BCUT2D eigenvalue weighted by atomic mass is 9.83. The van der Waals surface area contributed by atoms with Crippen molar-refractivity contribution in [2.24, 2.45) is 17.6 Å². The molecule has 5 N–H and O–H groups in total. The molecule has 7 nitrogen and oxygen atoms in total. The van der Waals surface area contributed by atoms with Crippen molar-refractivity contribution in [1.29, 1.82) is 0 Å². The molecule has 0 aromatic carbocycles. The van der Waals surface area contributed by atoms with Crippen LogP contribution in [0.15, 0.2) is 0 Å². The molecule has 3 rings (SSSR count). The van der Waals surface area contributed by atoms with Crippen LogP contribution < -0.4 is 15.8 Å². The maximum atomic E-state index is 13.7. The van der Waals surface area contributed by atoms with Gasteiger partial charge in [-0.1, -0.05) is 6.92 Å². The largest absolute Gasteiger partial charge is 0.393 e. The van der Waals surface area contributed by atoms with Crippen LogP contribution in [0.3, 0.4) is 0 Å². The molecular formula is C20H36FN3O4S. The van der Waals surface area contributed by atoms with Gasteiger partial charge >= 0.3 is 0 Å². The third kappa shape index (κ3) is 5.89. The minimum absolute atomic E-state index is 0.0399. The van der Waals surface area contributed by atoms with E-state index >= 15 is 0 Å². The van der Waals surface area contributed by atoms with Crippen molar-refractivity contribution in [3.05, 3.63) is 0 Å². The number of nitrogens with two attached hydrogens (primary N) is 1. The zero-order valence-electron chi connectivity index (χ0n) is 17.2. The third-order valence-corrected chi connectivity index (χ3v) is 9.05. The van der Waals surface area contributed by atoms with Gasteiger partial charge in [0.05, 0.1) is 11.4 Å². The molecule has 9 heteroatoms. The summed E-state index contributed by atoms with van der Waals surface area (Å²) in [6.07, 6.45) is 4.23. The minimum atomic E-state index is -3.65. The molecule has 3 saturated carbocycles. The van der Waals surface area contributed by atoms with Crippen LogP contribution >= 0.6 is 0 Å². The molecule has 29 heavy (non-hydrogen) atoms. The first kappa shape index (κ1) is 22.9. The van der Waals surface area contributed by atoms with Gasteiger partial charge in [0.1, 0.15) is 6.17 Å². The summed E-state index contributed by atoms with van der Waals surface area (Å²) in [6, 6.07) is -0.711. The lowest BCUT2D eigenvalue weighted by molar-refractivity contribution is -0.127. The summed E-state index contributed by atoms with van der Waals surface area (Å²) in [5, 5.41) is 11.8. The number of hydrogen-bond acceptors (Lipinski definition) is 5. The van der Waals surface area contributed by atoms with Crippen LogP contribution in [0.1, 0.15) is 71.1 Å². The van der Waals surface area contributed by atoms with Crippen molar-refractivity contribution in [2.45, 2.75) is 107 Å². The second-order valence-corrected chi connectivity index (χ2v) is 11.3. The second-order valence-electron chi connectivity index (χ2n) is 9.39. The minimum Gasteiger partial charge on any atom is -0.393 e. The molecular weight excluding hydrogens is 397 g/mol. The molecule has 3 fully saturated rings. The Morgan fingerprint density at radius 3 is 2.31 bits per heavy atom. The van der Waals surface area contributed by atoms with Gasteiger partial charge in [0.15, 0.2) is 0 Å². The summed E-state index contributed by atoms with van der Waals surface area (Å²) in [5.74, 6) is -0.587. The number of halogens is 1. The third-order valence-electron chi connectivity index (χ3n) is 7.05. The number of hydrogen-bond donors (Lipinski definition) is 4. The van der Waals surface area contributed by atoms with Crippen LogP contribution in [0, 0.1) is 11.8 Å². The van der Waals surface area contributed by atoms with E-state index in [0.717, 1.165) is 0 Å². The lowest BCUT2D eigenvalue weighted by Crippen LogP contribution is -2.54. The average Bonchev–Trinajstić information content (AvgIpc) is 2.66. The summed E-state index contributed by atoms with van der Waals surface area (Å²) in [4.78, 5) is 12.8. The first-order valence-corrected chi connectivity index (χ1v) is 12.6. The zero-order valence-corrected chi connectivity index (χ0v) is 18.0. The smallest absolute Gasteiger partial charge is 0.223 e. The number of rotatable bonds is 5. The van der Waals surface area contributed by atoms with Gasteiger partial charge in [0.25, 0.3) is 0 Å². The highest BCUT2D eigenvalue weighted by molar-refractivity contribution is 7.90. The van der Waals surface area contributed by atoms with Crippen LogP contribution in [0.2, 0.25) is 0 Å². The fourth-order valence-corrected chi connectivity index (χ4v) is 7.03. The predicted octanol–water partition coefficient (Wildman–Crippen LogP) is 1.35. The van der Waals surface area contributed by atoms with E-state index in [0.29, 0.717) is 57.8 Å². The monoisotopic (exact) mass is 433 g/mol. The molecule has 0 radical (unpaired) electrons. The lowest BCUT2D eigenvalue weighted by Gasteiger charge is -2.36. The number of carbonyl (C=O) groups is 1. The first-order valence-electron chi connectivity index (χ1n) is 11.0. The van der Waals surface area contributed by atoms with E-state index in [1.165, 1.54) is 0 Å². The van der Waals surface area contributed by atoms with E-state index in [9.17, 15) is 22.7 Å². The molecule has 0 heterocycles. The van der Waals surface area contributed by atoms with Crippen LogP contribution in [0.4, 0.5) is 4.39 Å². The van der Waals surface area contributed by atoms with Crippen LogP contribution in [0.25, 0.3) is 0 Å². The molecule has 0 aromatic rings. The molecule has 1 amide bonds. The molecule has 0 aliphatic heterocycles. The van der Waals surface area contributed by atoms with Crippen molar-refractivity contribution < 1.29 is 22.7 Å². The molecule has 0 aromatic heterocycles. The summed E-state index contributed by atoms with van der Waals surface area (Å²) in [6.45, 7) is 1.86. The normalized spacial score (nSPS) is 41.7. The predicted molar refractivity (Wildman–Crippen MR) is 109 cm³/mol. The maximum absolute atomic E-state index is 13.7. The highest BCUT2D eigenvalue weighted by Gasteiger charge is 2.41. The number of alkyl halides is 1. The van der Waals surface area contributed by atoms with Crippen molar-refractivity contribution in [2.75, 3.05) is 0 Å². The number of sulfonamides is 1. The van der Waals surface area contributed by atoms with Gasteiger partial charge in [-0.25, -0.2) is 17.5 Å². The second kappa shape index (κ2) is 9.58. The van der Waals surface area contributed by atoms with Crippen molar-refractivity contribution in [1.82, 2.24) is 10.0 Å². The topological polar surface area (TPSA) is 122 Å². The SMILES string of the molecule is CC1CC(NC(=O)C2CCC(N)C(S(=O)(=O)NC3CCC(O)CC3)C2)CCC1F. The zero-order chi connectivity index (χ0) is 21.2. The molecule has 3 aliphatic carbocycles. The van der Waals surface area contributed by atoms with Gasteiger partial charge in [0.2, 0.25) is 15.9 Å². The Balaban J connectivity index is 1.57. The number of amides is 1. The van der Waals surface area contributed by atoms with Crippen molar-refractivity contribution >= 4 is 15.9 Å². The average molecular weight is 434 g/mol. The molecule has 0 spiro atoms. The van der Waals surface area contributed by atoms with E-state index in [1.54, 1.807) is 0 Å². The molecule has 0 bridgehead atoms. The highest BCUT2D eigenvalue weighted by atomic mass is 32.2. The standard InChI is InChI=1S/C20H36FN3O4S/c1-12-10-15(5-8-17(12)21)23-20(26)13-2-9-18(22)19(11-13)29(27,28)24-14-3-6-16(25)7-4-14/h12-19,24-25H,2-11,22H2,1H3,(H,23,26). The maximum Gasteiger partial charge on any atom is 0.223 e. The van der Waals surface area contributed by atoms with Crippen LogP contribution in [0.5, 0.6) is 0 Å². The van der Waals surface area contributed by atoms with E-state index in [2.05, 4.69) is 10.0 Å². The van der Waals surface area contributed by atoms with Crippen molar-refractivity contribution in [3.8, 4) is 0 Å². The van der Waals surface area contributed by atoms with E-state index in [-0.39, 0.29) is 42.4 Å². The molecule has 6 atom stereocenters. The number of aliphatic hydroxyl groups is 1. The first-order chi connectivity index (χ1) is 13.7. The number of nitrogens with one attached hydrogen (secondary N) is 2. The van der Waals surface area contributed by atoms with Crippen LogP contribution in [-0.2, 0) is 14.8 Å². The van der Waals surface area contributed by atoms with E-state index in [1.807, 2.05) is 6.92 Å². The Bertz CT molecular complexity index is 669. The summed E-state index contributed by atoms with van der Waals surface area (Å²) in [7, 11) is -3.65. The Labute approximate surface area is 173 Å². The van der Waals surface area contributed by atoms with Crippen molar-refractivity contribution in [3.63, 3.8) is 0 Å². The van der Waals surface area contributed by atoms with E-state index < -0.39 is 27.5 Å². The fourth-order valence-electron chi connectivity index (χ4n) is 5.07. The molecule has 6 unspecified atom stereocenters.